The predicted octanol–water partition coefficient (Wildman–Crippen LogP) is 3.88. The molecular formula is C19H15FN2O. The SMILES string of the molecule is C=C(NNC(=O)c1ccc(F)cc1)c1ccc2ccccc2c1. The fourth-order valence-corrected chi connectivity index (χ4v) is 2.25. The molecule has 114 valence electrons. The van der Waals surface area contributed by atoms with Gasteiger partial charge in [-0.3, -0.25) is 15.6 Å². The van der Waals surface area contributed by atoms with Gasteiger partial charge in [0.05, 0.1) is 5.70 Å². The van der Waals surface area contributed by atoms with E-state index in [-0.39, 0.29) is 11.7 Å². The van der Waals surface area contributed by atoms with Crippen LogP contribution in [0.15, 0.2) is 73.3 Å². The third-order valence-electron chi connectivity index (χ3n) is 3.53. The highest BCUT2D eigenvalue weighted by Crippen LogP contribution is 2.18. The second-order valence-electron chi connectivity index (χ2n) is 5.13. The van der Waals surface area contributed by atoms with Crippen molar-refractivity contribution in [3.05, 3.63) is 90.3 Å². The maximum Gasteiger partial charge on any atom is 0.269 e. The molecule has 3 nitrogen and oxygen atoms in total. The summed E-state index contributed by atoms with van der Waals surface area (Å²) < 4.78 is 12.9. The summed E-state index contributed by atoms with van der Waals surface area (Å²) in [6.45, 7) is 3.93. The van der Waals surface area contributed by atoms with Gasteiger partial charge in [-0.2, -0.15) is 0 Å². The normalized spacial score (nSPS) is 10.3. The molecular weight excluding hydrogens is 291 g/mol. The van der Waals surface area contributed by atoms with Crippen molar-refractivity contribution in [2.45, 2.75) is 0 Å². The number of carbonyl (C=O) groups excluding carboxylic acids is 1. The fourth-order valence-electron chi connectivity index (χ4n) is 2.25. The van der Waals surface area contributed by atoms with E-state index >= 15 is 0 Å². The van der Waals surface area contributed by atoms with Crippen molar-refractivity contribution < 1.29 is 9.18 Å². The topological polar surface area (TPSA) is 41.1 Å². The van der Waals surface area contributed by atoms with Gasteiger partial charge < -0.3 is 0 Å². The van der Waals surface area contributed by atoms with Crippen molar-refractivity contribution >= 4 is 22.4 Å². The van der Waals surface area contributed by atoms with Crippen LogP contribution in [0.2, 0.25) is 0 Å². The van der Waals surface area contributed by atoms with E-state index in [4.69, 9.17) is 0 Å². The Kier molecular flexibility index (Phi) is 4.06. The van der Waals surface area contributed by atoms with Crippen LogP contribution in [0.1, 0.15) is 15.9 Å². The quantitative estimate of drug-likeness (QED) is 0.718. The molecule has 23 heavy (non-hydrogen) atoms. The highest BCUT2D eigenvalue weighted by molar-refractivity contribution is 5.94. The number of fused-ring (bicyclic) bond motifs is 1. The molecule has 0 saturated carbocycles. The third-order valence-corrected chi connectivity index (χ3v) is 3.53. The standard InChI is InChI=1S/C19H15FN2O/c1-13(16-7-6-14-4-2-3-5-17(14)12-16)21-22-19(23)15-8-10-18(20)11-9-15/h2-12,21H,1H2,(H,22,23). The van der Waals surface area contributed by atoms with Gasteiger partial charge in [-0.15, -0.1) is 0 Å². The van der Waals surface area contributed by atoms with Crippen LogP contribution in [0.25, 0.3) is 16.5 Å². The fraction of sp³-hybridized carbons (Fsp3) is 0. The zero-order valence-electron chi connectivity index (χ0n) is 12.3. The molecule has 0 aliphatic carbocycles. The van der Waals surface area contributed by atoms with Crippen LogP contribution in [-0.4, -0.2) is 5.91 Å². The number of hydrogen-bond donors (Lipinski definition) is 2. The molecule has 3 aromatic rings. The van der Waals surface area contributed by atoms with E-state index in [2.05, 4.69) is 17.4 Å². The molecule has 3 aromatic carbocycles. The smallest absolute Gasteiger partial charge is 0.269 e. The molecule has 0 aliphatic rings. The van der Waals surface area contributed by atoms with Crippen molar-refractivity contribution in [3.63, 3.8) is 0 Å². The number of halogens is 1. The molecule has 0 unspecified atom stereocenters. The van der Waals surface area contributed by atoms with Gasteiger partial charge in [0.15, 0.2) is 0 Å². The van der Waals surface area contributed by atoms with E-state index in [0.717, 1.165) is 16.3 Å². The largest absolute Gasteiger partial charge is 0.298 e. The Balaban J connectivity index is 1.68. The molecule has 0 bridgehead atoms. The van der Waals surface area contributed by atoms with Crippen molar-refractivity contribution in [1.82, 2.24) is 10.9 Å². The molecule has 0 atom stereocenters. The molecule has 0 fully saturated rings. The molecule has 2 N–H and O–H groups in total. The molecule has 3 rings (SSSR count). The lowest BCUT2D eigenvalue weighted by atomic mass is 10.1. The summed E-state index contributed by atoms with van der Waals surface area (Å²) in [5.74, 6) is -0.734. The number of amides is 1. The second kappa shape index (κ2) is 6.32. The second-order valence-corrected chi connectivity index (χ2v) is 5.13. The van der Waals surface area contributed by atoms with Gasteiger partial charge in [-0.1, -0.05) is 43.0 Å². The maximum atomic E-state index is 12.9. The highest BCUT2D eigenvalue weighted by Gasteiger charge is 2.06. The van der Waals surface area contributed by atoms with Gasteiger partial charge in [-0.05, 0) is 46.7 Å². The Hall–Kier alpha value is -3.14. The zero-order chi connectivity index (χ0) is 16.2. The Morgan fingerprint density at radius 1 is 0.826 bits per heavy atom. The average Bonchev–Trinajstić information content (AvgIpc) is 2.59. The Labute approximate surface area is 133 Å². The number of nitrogens with one attached hydrogen (secondary N) is 2. The maximum absolute atomic E-state index is 12.9. The van der Waals surface area contributed by atoms with Gasteiger partial charge in [0, 0.05) is 5.56 Å². The molecule has 0 saturated heterocycles. The first kappa shape index (κ1) is 14.8. The van der Waals surface area contributed by atoms with Gasteiger partial charge in [0.1, 0.15) is 5.82 Å². The lowest BCUT2D eigenvalue weighted by molar-refractivity contribution is 0.0942. The van der Waals surface area contributed by atoms with Gasteiger partial charge in [0.25, 0.3) is 5.91 Å². The number of hydrazine groups is 1. The van der Waals surface area contributed by atoms with E-state index in [1.54, 1.807) is 0 Å². The lowest BCUT2D eigenvalue weighted by Crippen LogP contribution is -2.35. The molecule has 0 heterocycles. The Morgan fingerprint density at radius 2 is 1.48 bits per heavy atom. The minimum absolute atomic E-state index is 0.355. The predicted molar refractivity (Wildman–Crippen MR) is 90.0 cm³/mol. The van der Waals surface area contributed by atoms with E-state index in [0.29, 0.717) is 11.3 Å². The first-order valence-corrected chi connectivity index (χ1v) is 7.13. The molecule has 4 heteroatoms. The van der Waals surface area contributed by atoms with Crippen LogP contribution < -0.4 is 10.9 Å². The summed E-state index contributed by atoms with van der Waals surface area (Å²) in [5.41, 5.74) is 7.16. The summed E-state index contributed by atoms with van der Waals surface area (Å²) in [6.07, 6.45) is 0. The van der Waals surface area contributed by atoms with Crippen LogP contribution in [0, 0.1) is 5.82 Å². The zero-order valence-corrected chi connectivity index (χ0v) is 12.3. The number of benzene rings is 3. The van der Waals surface area contributed by atoms with E-state index in [1.165, 1.54) is 24.3 Å². The summed E-state index contributed by atoms with van der Waals surface area (Å²) in [7, 11) is 0. The van der Waals surface area contributed by atoms with E-state index in [9.17, 15) is 9.18 Å². The minimum Gasteiger partial charge on any atom is -0.298 e. The number of hydrogen-bond acceptors (Lipinski definition) is 2. The summed E-state index contributed by atoms with van der Waals surface area (Å²) in [4.78, 5) is 12.0. The average molecular weight is 306 g/mol. The molecule has 0 aromatic heterocycles. The summed E-state index contributed by atoms with van der Waals surface area (Å²) >= 11 is 0. The van der Waals surface area contributed by atoms with Crippen LogP contribution >= 0.6 is 0 Å². The number of rotatable bonds is 4. The number of carbonyl (C=O) groups is 1. The third kappa shape index (κ3) is 3.37. The Bertz CT molecular complexity index is 872. The van der Waals surface area contributed by atoms with Crippen molar-refractivity contribution in [2.24, 2.45) is 0 Å². The van der Waals surface area contributed by atoms with Crippen LogP contribution in [-0.2, 0) is 0 Å². The summed E-state index contributed by atoms with van der Waals surface area (Å²) in [6, 6.07) is 19.3. The highest BCUT2D eigenvalue weighted by atomic mass is 19.1. The van der Waals surface area contributed by atoms with Crippen molar-refractivity contribution in [2.75, 3.05) is 0 Å². The van der Waals surface area contributed by atoms with Crippen molar-refractivity contribution in [3.8, 4) is 0 Å². The molecule has 0 aliphatic heterocycles. The minimum atomic E-state index is -0.380. The monoisotopic (exact) mass is 306 g/mol. The first-order chi connectivity index (χ1) is 11.1. The van der Waals surface area contributed by atoms with Crippen LogP contribution in [0.3, 0.4) is 0 Å². The molecule has 0 spiro atoms. The van der Waals surface area contributed by atoms with Gasteiger partial charge in [-0.25, -0.2) is 4.39 Å². The van der Waals surface area contributed by atoms with Gasteiger partial charge in [0.2, 0.25) is 0 Å². The van der Waals surface area contributed by atoms with Gasteiger partial charge >= 0.3 is 0 Å². The molecule has 0 radical (unpaired) electrons. The summed E-state index contributed by atoms with van der Waals surface area (Å²) in [5, 5.41) is 2.23. The van der Waals surface area contributed by atoms with Crippen LogP contribution in [0.5, 0.6) is 0 Å². The van der Waals surface area contributed by atoms with E-state index < -0.39 is 0 Å². The van der Waals surface area contributed by atoms with Crippen molar-refractivity contribution in [1.29, 1.82) is 0 Å². The molecule has 1 amide bonds. The Morgan fingerprint density at radius 3 is 2.22 bits per heavy atom. The first-order valence-electron chi connectivity index (χ1n) is 7.13. The van der Waals surface area contributed by atoms with Crippen LogP contribution in [0.4, 0.5) is 4.39 Å². The van der Waals surface area contributed by atoms with E-state index in [1.807, 2.05) is 42.5 Å². The lowest BCUT2D eigenvalue weighted by Gasteiger charge is -2.12.